The average Bonchev–Trinajstić information content (AvgIpc) is 2.56. The van der Waals surface area contributed by atoms with Gasteiger partial charge in [0.2, 0.25) is 0 Å². The predicted molar refractivity (Wildman–Crippen MR) is 68.7 cm³/mol. The molecule has 2 rings (SSSR count). The summed E-state index contributed by atoms with van der Waals surface area (Å²) in [4.78, 5) is 0. The second-order valence-corrected chi connectivity index (χ2v) is 5.88. The van der Waals surface area contributed by atoms with Crippen LogP contribution in [0.2, 0.25) is 0 Å². The molecule has 74 valence electrons. The second kappa shape index (κ2) is 4.21. The minimum atomic E-state index is 0.819. The van der Waals surface area contributed by atoms with E-state index in [-0.39, 0.29) is 0 Å². The Labute approximate surface area is 103 Å². The molecule has 1 aromatic carbocycles. The molecule has 0 fully saturated rings. The minimum absolute atomic E-state index is 0.819. The first kappa shape index (κ1) is 10.5. The summed E-state index contributed by atoms with van der Waals surface area (Å²) in [6.07, 6.45) is 0. The van der Waals surface area contributed by atoms with Gasteiger partial charge in [-0.3, -0.25) is 0 Å². The predicted octanol–water partition coefficient (Wildman–Crippen LogP) is 4.57. The summed E-state index contributed by atoms with van der Waals surface area (Å²) in [7, 11) is 1.71. The standard InChI is InChI=1S/C10H8Br2OS/c1-13-10-6(5-11)2-3-8-7(10)4-9(12)14-8/h2-4H,5H2,1H3. The minimum Gasteiger partial charge on any atom is -0.496 e. The van der Waals surface area contributed by atoms with Gasteiger partial charge in [-0.1, -0.05) is 22.0 Å². The van der Waals surface area contributed by atoms with E-state index in [9.17, 15) is 0 Å². The lowest BCUT2D eigenvalue weighted by molar-refractivity contribution is 0.416. The zero-order valence-electron chi connectivity index (χ0n) is 7.51. The number of benzene rings is 1. The first-order valence-corrected chi connectivity index (χ1v) is 6.80. The quantitative estimate of drug-likeness (QED) is 0.730. The van der Waals surface area contributed by atoms with Crippen molar-refractivity contribution in [3.63, 3.8) is 0 Å². The Morgan fingerprint density at radius 1 is 1.43 bits per heavy atom. The van der Waals surface area contributed by atoms with E-state index in [0.29, 0.717) is 0 Å². The Morgan fingerprint density at radius 2 is 2.21 bits per heavy atom. The van der Waals surface area contributed by atoms with Crippen molar-refractivity contribution in [2.45, 2.75) is 5.33 Å². The molecule has 2 aromatic rings. The summed E-state index contributed by atoms with van der Waals surface area (Å²) in [5, 5.41) is 2.00. The van der Waals surface area contributed by atoms with Crippen LogP contribution in [-0.2, 0) is 5.33 Å². The third kappa shape index (κ3) is 1.71. The molecule has 0 saturated heterocycles. The largest absolute Gasteiger partial charge is 0.496 e. The summed E-state index contributed by atoms with van der Waals surface area (Å²) in [5.74, 6) is 0.973. The summed E-state index contributed by atoms with van der Waals surface area (Å²) in [6.45, 7) is 0. The molecule has 0 N–H and O–H groups in total. The smallest absolute Gasteiger partial charge is 0.131 e. The highest BCUT2D eigenvalue weighted by Gasteiger charge is 2.09. The molecule has 4 heteroatoms. The number of hydrogen-bond donors (Lipinski definition) is 0. The van der Waals surface area contributed by atoms with Crippen molar-refractivity contribution in [1.29, 1.82) is 0 Å². The zero-order chi connectivity index (χ0) is 10.1. The van der Waals surface area contributed by atoms with Crippen molar-refractivity contribution in [3.05, 3.63) is 27.5 Å². The summed E-state index contributed by atoms with van der Waals surface area (Å²) in [6, 6.07) is 6.33. The molecule has 0 saturated carbocycles. The Hall–Kier alpha value is -0.0600. The maximum absolute atomic E-state index is 5.42. The van der Waals surface area contributed by atoms with Gasteiger partial charge in [-0.15, -0.1) is 11.3 Å². The average molecular weight is 336 g/mol. The molecule has 1 aromatic heterocycles. The van der Waals surface area contributed by atoms with E-state index < -0.39 is 0 Å². The van der Waals surface area contributed by atoms with Crippen molar-refractivity contribution in [1.82, 2.24) is 0 Å². The molecule has 0 radical (unpaired) electrons. The SMILES string of the molecule is COc1c(CBr)ccc2sc(Br)cc12. The fraction of sp³-hybridized carbons (Fsp3) is 0.200. The molecule has 0 unspecified atom stereocenters. The van der Waals surface area contributed by atoms with Gasteiger partial charge in [0.15, 0.2) is 0 Å². The molecule has 0 atom stereocenters. The zero-order valence-corrected chi connectivity index (χ0v) is 11.5. The van der Waals surface area contributed by atoms with Gasteiger partial charge in [0.1, 0.15) is 5.75 Å². The van der Waals surface area contributed by atoms with Crippen LogP contribution in [0.1, 0.15) is 5.56 Å². The molecule has 0 aliphatic carbocycles. The molecule has 0 aliphatic rings. The van der Waals surface area contributed by atoms with Gasteiger partial charge in [-0.25, -0.2) is 0 Å². The van der Waals surface area contributed by atoms with Crippen LogP contribution in [0.25, 0.3) is 10.1 Å². The fourth-order valence-electron chi connectivity index (χ4n) is 1.45. The number of methoxy groups -OCH3 is 1. The number of fused-ring (bicyclic) bond motifs is 1. The molecular weight excluding hydrogens is 328 g/mol. The van der Waals surface area contributed by atoms with Crippen LogP contribution < -0.4 is 4.74 Å². The molecular formula is C10H8Br2OS. The van der Waals surface area contributed by atoms with Gasteiger partial charge in [0.25, 0.3) is 0 Å². The highest BCUT2D eigenvalue weighted by molar-refractivity contribution is 9.11. The Morgan fingerprint density at radius 3 is 2.86 bits per heavy atom. The van der Waals surface area contributed by atoms with Gasteiger partial charge in [-0.05, 0) is 28.1 Å². The number of ether oxygens (including phenoxy) is 1. The normalized spacial score (nSPS) is 10.8. The third-order valence-corrected chi connectivity index (χ3v) is 4.26. The molecule has 14 heavy (non-hydrogen) atoms. The van der Waals surface area contributed by atoms with E-state index in [2.05, 4.69) is 50.1 Å². The monoisotopic (exact) mass is 334 g/mol. The van der Waals surface area contributed by atoms with E-state index in [4.69, 9.17) is 4.74 Å². The van der Waals surface area contributed by atoms with Crippen LogP contribution in [0.4, 0.5) is 0 Å². The number of alkyl halides is 1. The van der Waals surface area contributed by atoms with Crippen molar-refractivity contribution < 1.29 is 4.74 Å². The number of thiophene rings is 1. The summed E-state index contributed by atoms with van der Waals surface area (Å²) >= 11 is 8.66. The van der Waals surface area contributed by atoms with Crippen LogP contribution >= 0.6 is 43.2 Å². The lowest BCUT2D eigenvalue weighted by Crippen LogP contribution is -1.88. The van der Waals surface area contributed by atoms with Gasteiger partial charge < -0.3 is 4.74 Å². The van der Waals surface area contributed by atoms with E-state index in [1.165, 1.54) is 15.6 Å². The number of hydrogen-bond acceptors (Lipinski definition) is 2. The fourth-order valence-corrected chi connectivity index (χ4v) is 3.42. The molecule has 1 nitrogen and oxygen atoms in total. The lowest BCUT2D eigenvalue weighted by Gasteiger charge is -2.06. The van der Waals surface area contributed by atoms with Crippen molar-refractivity contribution >= 4 is 53.3 Å². The first-order valence-electron chi connectivity index (χ1n) is 4.07. The lowest BCUT2D eigenvalue weighted by atomic mass is 10.1. The Balaban J connectivity index is 2.75. The van der Waals surface area contributed by atoms with Crippen LogP contribution in [0, 0.1) is 0 Å². The first-order chi connectivity index (χ1) is 6.76. The Kier molecular flexibility index (Phi) is 3.14. The summed E-state index contributed by atoms with van der Waals surface area (Å²) < 4.78 is 7.80. The number of halogens is 2. The van der Waals surface area contributed by atoms with Gasteiger partial charge in [-0.2, -0.15) is 0 Å². The maximum atomic E-state index is 5.42. The summed E-state index contributed by atoms with van der Waals surface area (Å²) in [5.41, 5.74) is 1.19. The second-order valence-electron chi connectivity index (χ2n) is 2.85. The molecule has 1 heterocycles. The molecule has 0 bridgehead atoms. The van der Waals surface area contributed by atoms with Gasteiger partial charge in [0, 0.05) is 21.0 Å². The van der Waals surface area contributed by atoms with E-state index in [1.807, 2.05) is 0 Å². The van der Waals surface area contributed by atoms with E-state index in [0.717, 1.165) is 14.9 Å². The topological polar surface area (TPSA) is 9.23 Å². The van der Waals surface area contributed by atoms with Crippen LogP contribution in [0.15, 0.2) is 22.0 Å². The van der Waals surface area contributed by atoms with Gasteiger partial charge >= 0.3 is 0 Å². The van der Waals surface area contributed by atoms with E-state index >= 15 is 0 Å². The maximum Gasteiger partial charge on any atom is 0.131 e. The van der Waals surface area contributed by atoms with Crippen molar-refractivity contribution in [2.75, 3.05) is 7.11 Å². The van der Waals surface area contributed by atoms with Crippen LogP contribution in [0.5, 0.6) is 5.75 Å². The molecule has 0 spiro atoms. The highest BCUT2D eigenvalue weighted by atomic mass is 79.9. The van der Waals surface area contributed by atoms with E-state index in [1.54, 1.807) is 18.4 Å². The highest BCUT2D eigenvalue weighted by Crippen LogP contribution is 2.38. The Bertz CT molecular complexity index is 464. The molecule has 0 aliphatic heterocycles. The van der Waals surface area contributed by atoms with Crippen molar-refractivity contribution in [2.24, 2.45) is 0 Å². The number of rotatable bonds is 2. The molecule has 0 amide bonds. The van der Waals surface area contributed by atoms with Crippen LogP contribution in [-0.4, -0.2) is 7.11 Å². The third-order valence-electron chi connectivity index (χ3n) is 2.05. The van der Waals surface area contributed by atoms with Gasteiger partial charge in [0.05, 0.1) is 10.9 Å². The van der Waals surface area contributed by atoms with Crippen LogP contribution in [0.3, 0.4) is 0 Å². The van der Waals surface area contributed by atoms with Crippen molar-refractivity contribution in [3.8, 4) is 5.75 Å².